The van der Waals surface area contributed by atoms with Crippen LogP contribution in [-0.2, 0) is 4.79 Å². The SMILES string of the molecule is CCNC(=O)CC(/C=C/C#N)[N+](=O)[O-]. The number of carbonyl (C=O) groups excluding carboxylic acids is 1. The summed E-state index contributed by atoms with van der Waals surface area (Å²) in [6, 6.07) is 0.518. The van der Waals surface area contributed by atoms with Crippen molar-refractivity contribution in [3.63, 3.8) is 0 Å². The molecule has 0 aliphatic heterocycles. The number of nitrogens with one attached hydrogen (secondary N) is 1. The number of allylic oxidation sites excluding steroid dienone is 1. The average Bonchev–Trinajstić information content (AvgIpc) is 2.12. The van der Waals surface area contributed by atoms with Crippen LogP contribution in [0.25, 0.3) is 0 Å². The van der Waals surface area contributed by atoms with Crippen LogP contribution in [0.3, 0.4) is 0 Å². The molecule has 0 saturated carbocycles. The molecule has 0 aliphatic rings. The fourth-order valence-electron chi connectivity index (χ4n) is 0.826. The van der Waals surface area contributed by atoms with Gasteiger partial charge in [-0.15, -0.1) is 0 Å². The third-order valence-corrected chi connectivity index (χ3v) is 1.43. The summed E-state index contributed by atoms with van der Waals surface area (Å²) in [7, 11) is 0. The Morgan fingerprint density at radius 3 is 2.86 bits per heavy atom. The van der Waals surface area contributed by atoms with Gasteiger partial charge in [-0.25, -0.2) is 0 Å². The zero-order valence-corrected chi connectivity index (χ0v) is 7.77. The van der Waals surface area contributed by atoms with Gasteiger partial charge >= 0.3 is 0 Å². The Labute approximate surface area is 81.4 Å². The van der Waals surface area contributed by atoms with Crippen LogP contribution in [0.15, 0.2) is 12.2 Å². The molecule has 76 valence electrons. The largest absolute Gasteiger partial charge is 0.356 e. The molecule has 1 N–H and O–H groups in total. The van der Waals surface area contributed by atoms with E-state index in [4.69, 9.17) is 5.26 Å². The van der Waals surface area contributed by atoms with E-state index in [0.717, 1.165) is 12.2 Å². The van der Waals surface area contributed by atoms with Gasteiger partial charge in [0.25, 0.3) is 0 Å². The van der Waals surface area contributed by atoms with Crippen LogP contribution in [0, 0.1) is 21.4 Å². The zero-order valence-electron chi connectivity index (χ0n) is 7.77. The molecule has 0 heterocycles. The van der Waals surface area contributed by atoms with Crippen molar-refractivity contribution in [1.82, 2.24) is 5.32 Å². The second-order valence-electron chi connectivity index (χ2n) is 2.50. The standard InChI is InChI=1S/C8H11N3O3/c1-2-10-8(12)6-7(11(13)14)4-3-5-9/h3-4,7H,2,6H2,1H3,(H,10,12)/b4-3+. The van der Waals surface area contributed by atoms with Crippen molar-refractivity contribution in [1.29, 1.82) is 5.26 Å². The molecule has 0 aromatic carbocycles. The van der Waals surface area contributed by atoms with Crippen molar-refractivity contribution in [2.24, 2.45) is 0 Å². The Morgan fingerprint density at radius 1 is 1.79 bits per heavy atom. The quantitative estimate of drug-likeness (QED) is 0.388. The molecule has 0 fully saturated rings. The second kappa shape index (κ2) is 6.60. The van der Waals surface area contributed by atoms with Crippen LogP contribution in [0.1, 0.15) is 13.3 Å². The van der Waals surface area contributed by atoms with E-state index in [2.05, 4.69) is 5.32 Å². The van der Waals surface area contributed by atoms with Gasteiger partial charge in [0.05, 0.1) is 12.5 Å². The third kappa shape index (κ3) is 4.87. The van der Waals surface area contributed by atoms with Crippen LogP contribution in [0.4, 0.5) is 0 Å². The number of nitrogens with zero attached hydrogens (tertiary/aromatic N) is 2. The molecule has 0 rings (SSSR count). The summed E-state index contributed by atoms with van der Waals surface area (Å²) < 4.78 is 0. The molecule has 0 spiro atoms. The lowest BCUT2D eigenvalue weighted by atomic mass is 10.2. The number of amides is 1. The maximum atomic E-state index is 11.0. The van der Waals surface area contributed by atoms with Crippen molar-refractivity contribution >= 4 is 5.91 Å². The van der Waals surface area contributed by atoms with E-state index in [1.54, 1.807) is 13.0 Å². The summed E-state index contributed by atoms with van der Waals surface area (Å²) in [5.74, 6) is -0.392. The van der Waals surface area contributed by atoms with Crippen molar-refractivity contribution < 1.29 is 9.72 Å². The predicted octanol–water partition coefficient (Wildman–Crippen LogP) is 0.238. The van der Waals surface area contributed by atoms with Crippen molar-refractivity contribution in [2.75, 3.05) is 6.54 Å². The lowest BCUT2D eigenvalue weighted by molar-refractivity contribution is -0.508. The summed E-state index contributed by atoms with van der Waals surface area (Å²) >= 11 is 0. The first-order chi connectivity index (χ1) is 6.61. The number of hydrogen-bond donors (Lipinski definition) is 1. The fourth-order valence-corrected chi connectivity index (χ4v) is 0.826. The molecule has 14 heavy (non-hydrogen) atoms. The molecule has 1 unspecified atom stereocenters. The first-order valence-electron chi connectivity index (χ1n) is 4.08. The first-order valence-corrected chi connectivity index (χ1v) is 4.08. The minimum atomic E-state index is -1.12. The van der Waals surface area contributed by atoms with Gasteiger partial charge in [-0.2, -0.15) is 5.26 Å². The summed E-state index contributed by atoms with van der Waals surface area (Å²) in [6.45, 7) is 2.16. The highest BCUT2D eigenvalue weighted by molar-refractivity contribution is 5.76. The Kier molecular flexibility index (Phi) is 5.70. The normalized spacial score (nSPS) is 12.0. The van der Waals surface area contributed by atoms with Crippen LogP contribution in [0.2, 0.25) is 0 Å². The van der Waals surface area contributed by atoms with Gasteiger partial charge in [0, 0.05) is 17.5 Å². The minimum absolute atomic E-state index is 0.237. The topological polar surface area (TPSA) is 96.0 Å². The van der Waals surface area contributed by atoms with Gasteiger partial charge < -0.3 is 5.32 Å². The smallest absolute Gasteiger partial charge is 0.241 e. The highest BCUT2D eigenvalue weighted by Crippen LogP contribution is 1.99. The van der Waals surface area contributed by atoms with Crippen molar-refractivity contribution in [2.45, 2.75) is 19.4 Å². The molecule has 1 amide bonds. The van der Waals surface area contributed by atoms with Crippen molar-refractivity contribution in [3.8, 4) is 6.07 Å². The number of nitro groups is 1. The summed E-state index contributed by atoms with van der Waals surface area (Å²) in [6.07, 6.45) is 1.88. The van der Waals surface area contributed by atoms with E-state index >= 15 is 0 Å². The van der Waals surface area contributed by atoms with Gasteiger partial charge in [-0.1, -0.05) is 0 Å². The van der Waals surface area contributed by atoms with Crippen molar-refractivity contribution in [3.05, 3.63) is 22.3 Å². The predicted molar refractivity (Wildman–Crippen MR) is 48.8 cm³/mol. The number of nitriles is 1. The van der Waals surface area contributed by atoms with E-state index in [1.807, 2.05) is 0 Å². The van der Waals surface area contributed by atoms with Gasteiger partial charge in [0.1, 0.15) is 0 Å². The van der Waals surface area contributed by atoms with E-state index in [0.29, 0.717) is 6.54 Å². The molecule has 0 aromatic heterocycles. The maximum absolute atomic E-state index is 11.0. The minimum Gasteiger partial charge on any atom is -0.356 e. The number of rotatable bonds is 5. The maximum Gasteiger partial charge on any atom is 0.241 e. The molecule has 0 aliphatic carbocycles. The Balaban J connectivity index is 4.25. The highest BCUT2D eigenvalue weighted by Gasteiger charge is 2.19. The lowest BCUT2D eigenvalue weighted by Crippen LogP contribution is -2.29. The molecule has 0 radical (unpaired) electrons. The highest BCUT2D eigenvalue weighted by atomic mass is 16.6. The molecule has 1 atom stereocenters. The monoisotopic (exact) mass is 197 g/mol. The molecule has 0 bridgehead atoms. The third-order valence-electron chi connectivity index (χ3n) is 1.43. The van der Waals surface area contributed by atoms with Gasteiger partial charge in [-0.05, 0) is 13.0 Å². The molecule has 6 nitrogen and oxygen atoms in total. The van der Waals surface area contributed by atoms with Gasteiger partial charge in [0.2, 0.25) is 11.9 Å². The molecule has 6 heteroatoms. The van der Waals surface area contributed by atoms with Gasteiger partial charge in [0.15, 0.2) is 0 Å². The summed E-state index contributed by atoms with van der Waals surface area (Å²) in [5, 5.41) is 21.0. The van der Waals surface area contributed by atoms with E-state index < -0.39 is 16.9 Å². The number of hydrogen-bond acceptors (Lipinski definition) is 4. The molecule has 0 aromatic rings. The lowest BCUT2D eigenvalue weighted by Gasteiger charge is -2.04. The molecule has 0 saturated heterocycles. The fraction of sp³-hybridized carbons (Fsp3) is 0.500. The van der Waals surface area contributed by atoms with Gasteiger partial charge in [-0.3, -0.25) is 14.9 Å². The Hall–Kier alpha value is -1.90. The van der Waals surface area contributed by atoms with Crippen LogP contribution in [0.5, 0.6) is 0 Å². The second-order valence-corrected chi connectivity index (χ2v) is 2.50. The summed E-state index contributed by atoms with van der Waals surface area (Å²) in [4.78, 5) is 20.8. The van der Waals surface area contributed by atoms with Crippen LogP contribution < -0.4 is 5.32 Å². The first kappa shape index (κ1) is 12.1. The van der Waals surface area contributed by atoms with Crippen LogP contribution in [-0.4, -0.2) is 23.4 Å². The van der Waals surface area contributed by atoms with E-state index in [9.17, 15) is 14.9 Å². The molecular formula is C8H11N3O3. The Morgan fingerprint density at radius 2 is 2.43 bits per heavy atom. The average molecular weight is 197 g/mol. The zero-order chi connectivity index (χ0) is 11.0. The van der Waals surface area contributed by atoms with Crippen LogP contribution >= 0.6 is 0 Å². The summed E-state index contributed by atoms with van der Waals surface area (Å²) in [5.41, 5.74) is 0. The van der Waals surface area contributed by atoms with E-state index in [-0.39, 0.29) is 6.42 Å². The molecular weight excluding hydrogens is 186 g/mol. The Bertz CT molecular complexity index is 280. The van der Waals surface area contributed by atoms with E-state index in [1.165, 1.54) is 0 Å². The number of carbonyl (C=O) groups is 1.